The number of carbonyl (C=O) groups excluding carboxylic acids is 1. The number of hydrogen-bond acceptors (Lipinski definition) is 5. The van der Waals surface area contributed by atoms with E-state index in [9.17, 15) is 4.79 Å². The number of hydrogen-bond donors (Lipinski definition) is 1. The number of rotatable bonds is 3. The molecule has 2 aromatic rings. The van der Waals surface area contributed by atoms with Crippen LogP contribution in [0, 0.1) is 6.92 Å². The molecule has 2 heterocycles. The highest BCUT2D eigenvalue weighted by molar-refractivity contribution is 9.10. The summed E-state index contributed by atoms with van der Waals surface area (Å²) >= 11 is 3.45. The van der Waals surface area contributed by atoms with E-state index in [2.05, 4.69) is 31.2 Å². The first-order valence-electron chi connectivity index (χ1n) is 7.36. The Kier molecular flexibility index (Phi) is 4.88. The Morgan fingerprint density at radius 2 is 1.96 bits per heavy atom. The average molecular weight is 377 g/mol. The number of aryl methyl sites for hydroxylation is 1. The lowest BCUT2D eigenvalue weighted by Gasteiger charge is -2.26. The smallest absolute Gasteiger partial charge is 0.258 e. The highest BCUT2D eigenvalue weighted by Gasteiger charge is 2.15. The van der Waals surface area contributed by atoms with E-state index < -0.39 is 0 Å². The molecule has 0 unspecified atom stereocenters. The topological polar surface area (TPSA) is 67.4 Å². The van der Waals surface area contributed by atoms with Crippen LogP contribution in [0.3, 0.4) is 0 Å². The Balaban J connectivity index is 1.69. The number of amides is 1. The van der Waals surface area contributed by atoms with Crippen molar-refractivity contribution in [2.75, 3.05) is 36.5 Å². The first-order valence-corrected chi connectivity index (χ1v) is 8.15. The van der Waals surface area contributed by atoms with Crippen molar-refractivity contribution in [3.8, 4) is 0 Å². The van der Waals surface area contributed by atoms with Gasteiger partial charge in [-0.3, -0.25) is 4.79 Å². The zero-order chi connectivity index (χ0) is 16.2. The number of nitrogens with zero attached hydrogens (tertiary/aromatic N) is 3. The van der Waals surface area contributed by atoms with Crippen molar-refractivity contribution < 1.29 is 9.53 Å². The van der Waals surface area contributed by atoms with Crippen molar-refractivity contribution in [1.82, 2.24) is 9.97 Å². The van der Waals surface area contributed by atoms with Crippen LogP contribution in [0.5, 0.6) is 0 Å². The first-order chi connectivity index (χ1) is 11.1. The molecule has 0 aliphatic carbocycles. The van der Waals surface area contributed by atoms with Gasteiger partial charge in [0.1, 0.15) is 0 Å². The van der Waals surface area contributed by atoms with E-state index in [4.69, 9.17) is 4.74 Å². The van der Waals surface area contributed by atoms with Crippen LogP contribution < -0.4 is 10.2 Å². The fourth-order valence-electron chi connectivity index (χ4n) is 2.28. The molecule has 1 saturated heterocycles. The quantitative estimate of drug-likeness (QED) is 0.891. The molecule has 6 nitrogen and oxygen atoms in total. The predicted octanol–water partition coefficient (Wildman–Crippen LogP) is 2.64. The van der Waals surface area contributed by atoms with E-state index in [1.165, 1.54) is 0 Å². The van der Waals surface area contributed by atoms with E-state index in [1.54, 1.807) is 12.4 Å². The Hall–Kier alpha value is -1.99. The minimum Gasteiger partial charge on any atom is -0.378 e. The van der Waals surface area contributed by atoms with Crippen LogP contribution in [0.4, 0.5) is 11.6 Å². The van der Waals surface area contributed by atoms with E-state index in [1.807, 2.05) is 30.0 Å². The van der Waals surface area contributed by atoms with Crippen molar-refractivity contribution in [2.24, 2.45) is 0 Å². The molecule has 7 heteroatoms. The average Bonchev–Trinajstić information content (AvgIpc) is 2.58. The van der Waals surface area contributed by atoms with E-state index in [-0.39, 0.29) is 5.91 Å². The van der Waals surface area contributed by atoms with Gasteiger partial charge < -0.3 is 15.0 Å². The molecule has 23 heavy (non-hydrogen) atoms. The van der Waals surface area contributed by atoms with Crippen molar-refractivity contribution in [2.45, 2.75) is 6.92 Å². The molecule has 1 aromatic heterocycles. The van der Waals surface area contributed by atoms with Gasteiger partial charge in [-0.1, -0.05) is 6.07 Å². The fraction of sp³-hybridized carbons (Fsp3) is 0.312. The monoisotopic (exact) mass is 376 g/mol. The third kappa shape index (κ3) is 3.86. The highest BCUT2D eigenvalue weighted by atomic mass is 79.9. The summed E-state index contributed by atoms with van der Waals surface area (Å²) in [7, 11) is 0. The van der Waals surface area contributed by atoms with Gasteiger partial charge in [0.05, 0.1) is 24.5 Å². The maximum Gasteiger partial charge on any atom is 0.258 e. The zero-order valence-electron chi connectivity index (χ0n) is 12.8. The molecule has 1 N–H and O–H groups in total. The summed E-state index contributed by atoms with van der Waals surface area (Å²) in [5, 5.41) is 2.85. The normalized spacial score (nSPS) is 14.6. The second-order valence-corrected chi connectivity index (χ2v) is 6.16. The lowest BCUT2D eigenvalue weighted by atomic mass is 10.2. The molecule has 1 fully saturated rings. The van der Waals surface area contributed by atoms with Gasteiger partial charge in [-0.25, -0.2) is 9.97 Å². The number of anilines is 2. The maximum absolute atomic E-state index is 12.3. The van der Waals surface area contributed by atoms with Crippen LogP contribution in [-0.4, -0.2) is 42.2 Å². The van der Waals surface area contributed by atoms with Crippen molar-refractivity contribution in [1.29, 1.82) is 0 Å². The third-order valence-corrected chi connectivity index (χ3v) is 4.22. The number of carbonyl (C=O) groups is 1. The second-order valence-electron chi connectivity index (χ2n) is 5.31. The fourth-order valence-corrected chi connectivity index (χ4v) is 2.87. The molecular formula is C16H17BrN4O2. The first kappa shape index (κ1) is 15.9. The zero-order valence-corrected chi connectivity index (χ0v) is 14.3. The van der Waals surface area contributed by atoms with E-state index >= 15 is 0 Å². The summed E-state index contributed by atoms with van der Waals surface area (Å²) in [4.78, 5) is 22.9. The Morgan fingerprint density at radius 3 is 2.61 bits per heavy atom. The minimum absolute atomic E-state index is 0.233. The van der Waals surface area contributed by atoms with Crippen LogP contribution in [0.1, 0.15) is 15.9 Å². The van der Waals surface area contributed by atoms with Gasteiger partial charge in [-0.2, -0.15) is 0 Å². The number of benzene rings is 1. The number of morpholine rings is 1. The Bertz CT molecular complexity index is 700. The minimum atomic E-state index is -0.233. The van der Waals surface area contributed by atoms with Gasteiger partial charge >= 0.3 is 0 Å². The third-order valence-electron chi connectivity index (χ3n) is 3.57. The molecule has 3 rings (SSSR count). The summed E-state index contributed by atoms with van der Waals surface area (Å²) in [6.45, 7) is 4.87. The van der Waals surface area contributed by atoms with Gasteiger partial charge in [-0.15, -0.1) is 0 Å². The summed E-state index contributed by atoms with van der Waals surface area (Å²) in [6, 6.07) is 5.76. The van der Waals surface area contributed by atoms with Gasteiger partial charge in [0.25, 0.3) is 5.91 Å². The standard InChI is InChI=1S/C16H17BrN4O2/c1-11-2-3-14(13(17)8-11)20-15(22)12-9-18-16(19-10-12)21-4-6-23-7-5-21/h2-3,8-10H,4-7H2,1H3,(H,20,22). The summed E-state index contributed by atoms with van der Waals surface area (Å²) in [5.41, 5.74) is 2.26. The Morgan fingerprint density at radius 1 is 1.26 bits per heavy atom. The molecule has 1 aliphatic rings. The molecule has 120 valence electrons. The number of halogens is 1. The molecule has 0 spiro atoms. The number of aromatic nitrogens is 2. The SMILES string of the molecule is Cc1ccc(NC(=O)c2cnc(N3CCOCC3)nc2)c(Br)c1. The predicted molar refractivity (Wildman–Crippen MR) is 91.9 cm³/mol. The molecule has 0 saturated carbocycles. The van der Waals surface area contributed by atoms with Crippen molar-refractivity contribution in [3.05, 3.63) is 46.2 Å². The van der Waals surface area contributed by atoms with Crippen LogP contribution in [0.2, 0.25) is 0 Å². The number of nitrogens with one attached hydrogen (secondary N) is 1. The molecule has 1 aliphatic heterocycles. The lowest BCUT2D eigenvalue weighted by molar-refractivity contribution is 0.102. The van der Waals surface area contributed by atoms with E-state index in [0.29, 0.717) is 24.7 Å². The maximum atomic E-state index is 12.3. The van der Waals surface area contributed by atoms with Crippen LogP contribution >= 0.6 is 15.9 Å². The summed E-state index contributed by atoms with van der Waals surface area (Å²) in [5.74, 6) is 0.393. The van der Waals surface area contributed by atoms with Gasteiger partial charge in [-0.05, 0) is 40.5 Å². The Labute approximate surface area is 143 Å². The van der Waals surface area contributed by atoms with Gasteiger partial charge in [0.15, 0.2) is 0 Å². The molecule has 1 aromatic carbocycles. The molecule has 1 amide bonds. The molecular weight excluding hydrogens is 360 g/mol. The molecule has 0 radical (unpaired) electrons. The van der Waals surface area contributed by atoms with Crippen LogP contribution in [-0.2, 0) is 4.74 Å². The van der Waals surface area contributed by atoms with Crippen molar-refractivity contribution in [3.63, 3.8) is 0 Å². The van der Waals surface area contributed by atoms with Crippen molar-refractivity contribution >= 4 is 33.5 Å². The van der Waals surface area contributed by atoms with Crippen LogP contribution in [0.15, 0.2) is 35.1 Å². The second kappa shape index (κ2) is 7.06. The lowest BCUT2D eigenvalue weighted by Crippen LogP contribution is -2.37. The van der Waals surface area contributed by atoms with Gasteiger partial charge in [0.2, 0.25) is 5.95 Å². The van der Waals surface area contributed by atoms with Crippen LogP contribution in [0.25, 0.3) is 0 Å². The largest absolute Gasteiger partial charge is 0.378 e. The molecule has 0 atom stereocenters. The number of ether oxygens (including phenoxy) is 1. The highest BCUT2D eigenvalue weighted by Crippen LogP contribution is 2.23. The van der Waals surface area contributed by atoms with Gasteiger partial charge in [0, 0.05) is 30.0 Å². The summed E-state index contributed by atoms with van der Waals surface area (Å²) < 4.78 is 6.15. The summed E-state index contributed by atoms with van der Waals surface area (Å²) in [6.07, 6.45) is 3.10. The molecule has 0 bridgehead atoms. The van der Waals surface area contributed by atoms with E-state index in [0.717, 1.165) is 28.8 Å².